The van der Waals surface area contributed by atoms with Gasteiger partial charge in [0.1, 0.15) is 6.04 Å². The van der Waals surface area contributed by atoms with Crippen LogP contribution in [0.15, 0.2) is 29.2 Å². The molecule has 1 fully saturated rings. The highest BCUT2D eigenvalue weighted by molar-refractivity contribution is 8.00. The minimum Gasteiger partial charge on any atom is -0.480 e. The number of nitrogens with zero attached hydrogens (tertiary/aromatic N) is 1. The van der Waals surface area contributed by atoms with E-state index < -0.39 is 17.9 Å². The number of hydrogen-bond donors (Lipinski definition) is 2. The minimum absolute atomic E-state index is 0.0738. The van der Waals surface area contributed by atoms with Gasteiger partial charge in [0.25, 0.3) is 5.91 Å². The fourth-order valence-corrected chi connectivity index (χ4v) is 3.50. The van der Waals surface area contributed by atoms with Crippen molar-refractivity contribution in [3.05, 3.63) is 29.8 Å². The van der Waals surface area contributed by atoms with Crippen LogP contribution in [-0.4, -0.2) is 52.7 Å². The van der Waals surface area contributed by atoms with Crippen molar-refractivity contribution in [1.29, 1.82) is 0 Å². The van der Waals surface area contributed by atoms with E-state index in [0.29, 0.717) is 16.9 Å². The Bertz CT molecular complexity index is 614. The maximum atomic E-state index is 12.4. The van der Waals surface area contributed by atoms with Crippen LogP contribution >= 0.6 is 11.8 Å². The van der Waals surface area contributed by atoms with Crippen molar-refractivity contribution in [3.8, 4) is 0 Å². The number of carbonyl (C=O) groups excluding carboxylic acids is 2. The van der Waals surface area contributed by atoms with Crippen molar-refractivity contribution in [2.24, 2.45) is 0 Å². The maximum absolute atomic E-state index is 12.4. The third-order valence-electron chi connectivity index (χ3n) is 3.95. The third kappa shape index (κ3) is 4.74. The summed E-state index contributed by atoms with van der Waals surface area (Å²) in [6.07, 6.45) is 2.40. The molecule has 1 atom stereocenters. The molecule has 0 aromatic heterocycles. The van der Waals surface area contributed by atoms with E-state index in [0.717, 1.165) is 25.9 Å². The number of carboxylic acids is 1. The molecule has 2 amide bonds. The number of hydrogen-bond acceptors (Lipinski definition) is 4. The van der Waals surface area contributed by atoms with Gasteiger partial charge in [-0.1, -0.05) is 19.1 Å². The average Bonchev–Trinajstić information content (AvgIpc) is 3.12. The van der Waals surface area contributed by atoms with Crippen LogP contribution in [0.2, 0.25) is 0 Å². The Labute approximate surface area is 145 Å². The summed E-state index contributed by atoms with van der Waals surface area (Å²) in [5.41, 5.74) is 0.399. The first-order chi connectivity index (χ1) is 11.5. The van der Waals surface area contributed by atoms with Crippen LogP contribution in [0.5, 0.6) is 0 Å². The molecule has 1 aromatic rings. The Kier molecular flexibility index (Phi) is 6.66. The van der Waals surface area contributed by atoms with E-state index in [-0.39, 0.29) is 11.7 Å². The molecule has 1 aliphatic rings. The van der Waals surface area contributed by atoms with E-state index in [4.69, 9.17) is 5.11 Å². The van der Waals surface area contributed by atoms with Crippen molar-refractivity contribution in [1.82, 2.24) is 10.2 Å². The molecular formula is C17H22N2O4S. The van der Waals surface area contributed by atoms with E-state index in [2.05, 4.69) is 5.32 Å². The smallest absolute Gasteiger partial charge is 0.326 e. The molecule has 1 heterocycles. The predicted molar refractivity (Wildman–Crippen MR) is 92.2 cm³/mol. The zero-order chi connectivity index (χ0) is 17.5. The highest BCUT2D eigenvalue weighted by atomic mass is 32.2. The number of benzene rings is 1. The lowest BCUT2D eigenvalue weighted by molar-refractivity contribution is -0.139. The molecule has 0 bridgehead atoms. The molecule has 7 heteroatoms. The van der Waals surface area contributed by atoms with Crippen LogP contribution in [0.1, 0.15) is 36.5 Å². The molecule has 2 rings (SSSR count). The van der Waals surface area contributed by atoms with Crippen molar-refractivity contribution >= 4 is 29.5 Å². The van der Waals surface area contributed by atoms with Gasteiger partial charge < -0.3 is 15.3 Å². The van der Waals surface area contributed by atoms with Gasteiger partial charge >= 0.3 is 5.97 Å². The van der Waals surface area contributed by atoms with Crippen LogP contribution in [0.25, 0.3) is 0 Å². The molecule has 2 N–H and O–H groups in total. The first-order valence-corrected chi connectivity index (χ1v) is 9.04. The van der Waals surface area contributed by atoms with E-state index in [9.17, 15) is 14.4 Å². The summed E-state index contributed by atoms with van der Waals surface area (Å²) in [6, 6.07) is 6.03. The molecule has 130 valence electrons. The largest absolute Gasteiger partial charge is 0.480 e. The zero-order valence-corrected chi connectivity index (χ0v) is 14.5. The summed E-state index contributed by atoms with van der Waals surface area (Å²) in [5, 5.41) is 11.6. The van der Waals surface area contributed by atoms with Crippen molar-refractivity contribution in [3.63, 3.8) is 0 Å². The van der Waals surface area contributed by atoms with Crippen LogP contribution in [0.3, 0.4) is 0 Å². The lowest BCUT2D eigenvalue weighted by atomic mass is 10.1. The SMILES string of the molecule is CCC(NC(=O)c1ccccc1SCC(=O)N1CCCC1)C(=O)O. The molecule has 1 unspecified atom stereocenters. The van der Waals surface area contributed by atoms with Gasteiger partial charge in [0.2, 0.25) is 5.91 Å². The molecule has 1 aliphatic heterocycles. The van der Waals surface area contributed by atoms with E-state index in [1.54, 1.807) is 31.2 Å². The quantitative estimate of drug-likeness (QED) is 0.735. The van der Waals surface area contributed by atoms with Crippen LogP contribution < -0.4 is 5.32 Å². The Morgan fingerprint density at radius 1 is 1.25 bits per heavy atom. The molecule has 6 nitrogen and oxygen atoms in total. The van der Waals surface area contributed by atoms with Gasteiger partial charge in [0, 0.05) is 18.0 Å². The molecule has 1 aromatic carbocycles. The highest BCUT2D eigenvalue weighted by Crippen LogP contribution is 2.24. The number of likely N-dealkylation sites (tertiary alicyclic amines) is 1. The van der Waals surface area contributed by atoms with Crippen LogP contribution in [0.4, 0.5) is 0 Å². The first kappa shape index (κ1) is 18.3. The second kappa shape index (κ2) is 8.73. The van der Waals surface area contributed by atoms with E-state index >= 15 is 0 Å². The fraction of sp³-hybridized carbons (Fsp3) is 0.471. The third-order valence-corrected chi connectivity index (χ3v) is 5.01. The first-order valence-electron chi connectivity index (χ1n) is 8.06. The number of amides is 2. The Balaban J connectivity index is 2.02. The molecule has 0 radical (unpaired) electrons. The number of nitrogens with one attached hydrogen (secondary N) is 1. The monoisotopic (exact) mass is 350 g/mol. The van der Waals surface area contributed by atoms with Gasteiger partial charge in [0.15, 0.2) is 0 Å². The second-order valence-corrected chi connectivity index (χ2v) is 6.66. The maximum Gasteiger partial charge on any atom is 0.326 e. The Morgan fingerprint density at radius 2 is 1.92 bits per heavy atom. The summed E-state index contributed by atoms with van der Waals surface area (Å²) in [7, 11) is 0. The molecular weight excluding hydrogens is 328 g/mol. The van der Waals surface area contributed by atoms with Crippen LogP contribution in [0, 0.1) is 0 Å². The predicted octanol–water partition coefficient (Wildman–Crippen LogP) is 1.99. The van der Waals surface area contributed by atoms with Crippen molar-refractivity contribution in [2.75, 3.05) is 18.8 Å². The molecule has 0 aliphatic carbocycles. The topological polar surface area (TPSA) is 86.7 Å². The molecule has 0 saturated carbocycles. The number of carbonyl (C=O) groups is 3. The highest BCUT2D eigenvalue weighted by Gasteiger charge is 2.22. The number of thioether (sulfide) groups is 1. The van der Waals surface area contributed by atoms with Gasteiger partial charge in [0.05, 0.1) is 11.3 Å². The zero-order valence-electron chi connectivity index (χ0n) is 13.7. The van der Waals surface area contributed by atoms with Crippen molar-refractivity contribution in [2.45, 2.75) is 37.1 Å². The van der Waals surface area contributed by atoms with Gasteiger partial charge in [-0.15, -0.1) is 11.8 Å². The second-order valence-electron chi connectivity index (χ2n) is 5.65. The normalized spacial score (nSPS) is 15.1. The van der Waals surface area contributed by atoms with Crippen molar-refractivity contribution < 1.29 is 19.5 Å². The summed E-state index contributed by atoms with van der Waals surface area (Å²) in [5.74, 6) is -1.13. The Morgan fingerprint density at radius 3 is 2.54 bits per heavy atom. The lowest BCUT2D eigenvalue weighted by Crippen LogP contribution is -2.40. The Hall–Kier alpha value is -2.02. The standard InChI is InChI=1S/C17H22N2O4S/c1-2-13(17(22)23)18-16(21)12-7-3-4-8-14(12)24-11-15(20)19-9-5-6-10-19/h3-4,7-8,13H,2,5-6,9-11H2,1H3,(H,18,21)(H,22,23). The van der Waals surface area contributed by atoms with Gasteiger partial charge in [-0.2, -0.15) is 0 Å². The number of carboxylic acid groups (broad SMARTS) is 1. The van der Waals surface area contributed by atoms with Gasteiger partial charge in [-0.05, 0) is 31.4 Å². The molecule has 24 heavy (non-hydrogen) atoms. The summed E-state index contributed by atoms with van der Waals surface area (Å²) in [6.45, 7) is 3.31. The van der Waals surface area contributed by atoms with Gasteiger partial charge in [-0.3, -0.25) is 9.59 Å². The summed E-state index contributed by atoms with van der Waals surface area (Å²) < 4.78 is 0. The number of rotatable bonds is 7. The van der Waals surface area contributed by atoms with E-state index in [1.165, 1.54) is 11.8 Å². The molecule has 0 spiro atoms. The number of aliphatic carboxylic acids is 1. The lowest BCUT2D eigenvalue weighted by Gasteiger charge is -2.16. The summed E-state index contributed by atoms with van der Waals surface area (Å²) in [4.78, 5) is 38.1. The van der Waals surface area contributed by atoms with Gasteiger partial charge in [-0.25, -0.2) is 4.79 Å². The summed E-state index contributed by atoms with van der Waals surface area (Å²) >= 11 is 1.31. The van der Waals surface area contributed by atoms with Crippen LogP contribution in [-0.2, 0) is 9.59 Å². The fourth-order valence-electron chi connectivity index (χ4n) is 2.55. The average molecular weight is 350 g/mol. The minimum atomic E-state index is -1.06. The molecule has 1 saturated heterocycles. The van der Waals surface area contributed by atoms with E-state index in [1.807, 2.05) is 4.90 Å².